The first-order valence-corrected chi connectivity index (χ1v) is 6.04. The standard InChI is InChI=1S/C11H11NO2S/c1-2-15(14)8-11(13)10-5-3-9(7-12)4-6-10/h3-6H,2,8H2,1H3. The van der Waals surface area contributed by atoms with Gasteiger partial charge < -0.3 is 0 Å². The fourth-order valence-corrected chi connectivity index (χ4v) is 1.73. The van der Waals surface area contributed by atoms with E-state index in [4.69, 9.17) is 5.26 Å². The predicted molar refractivity (Wildman–Crippen MR) is 59.0 cm³/mol. The van der Waals surface area contributed by atoms with Crippen LogP contribution >= 0.6 is 0 Å². The molecule has 3 nitrogen and oxygen atoms in total. The Morgan fingerprint density at radius 1 is 1.40 bits per heavy atom. The molecule has 0 spiro atoms. The van der Waals surface area contributed by atoms with Crippen LogP contribution < -0.4 is 0 Å². The SMILES string of the molecule is CCS(=O)CC(=O)c1ccc(C#N)cc1. The van der Waals surface area contributed by atoms with E-state index in [0.717, 1.165) is 0 Å². The first-order valence-electron chi connectivity index (χ1n) is 4.55. The minimum atomic E-state index is -1.08. The molecule has 0 aliphatic heterocycles. The van der Waals surface area contributed by atoms with Gasteiger partial charge in [0.15, 0.2) is 5.78 Å². The van der Waals surface area contributed by atoms with Crippen LogP contribution in [0.4, 0.5) is 0 Å². The summed E-state index contributed by atoms with van der Waals surface area (Å²) in [7, 11) is -1.08. The van der Waals surface area contributed by atoms with Crippen molar-refractivity contribution in [3.63, 3.8) is 0 Å². The van der Waals surface area contributed by atoms with Crippen molar-refractivity contribution in [2.45, 2.75) is 6.92 Å². The number of ketones is 1. The number of Topliss-reactive ketones (excluding diaryl/α,β-unsaturated/α-hetero) is 1. The quantitative estimate of drug-likeness (QED) is 0.724. The van der Waals surface area contributed by atoms with Gasteiger partial charge in [-0.1, -0.05) is 19.1 Å². The van der Waals surface area contributed by atoms with Gasteiger partial charge in [-0.05, 0) is 12.1 Å². The van der Waals surface area contributed by atoms with Crippen LogP contribution in [0.25, 0.3) is 0 Å². The molecule has 0 aliphatic carbocycles. The van der Waals surface area contributed by atoms with Crippen LogP contribution in [0.15, 0.2) is 24.3 Å². The van der Waals surface area contributed by atoms with Crippen molar-refractivity contribution in [3.05, 3.63) is 35.4 Å². The highest BCUT2D eigenvalue weighted by Gasteiger charge is 2.08. The van der Waals surface area contributed by atoms with E-state index in [1.165, 1.54) is 0 Å². The summed E-state index contributed by atoms with van der Waals surface area (Å²) in [5.74, 6) is 0.407. The fourth-order valence-electron chi connectivity index (χ4n) is 1.06. The zero-order valence-corrected chi connectivity index (χ0v) is 9.21. The van der Waals surface area contributed by atoms with E-state index in [1.807, 2.05) is 6.07 Å². The van der Waals surface area contributed by atoms with Gasteiger partial charge in [0.05, 0.1) is 17.4 Å². The largest absolute Gasteiger partial charge is 0.293 e. The summed E-state index contributed by atoms with van der Waals surface area (Å²) < 4.78 is 11.2. The summed E-state index contributed by atoms with van der Waals surface area (Å²) in [5.41, 5.74) is 1.03. The average molecular weight is 221 g/mol. The van der Waals surface area contributed by atoms with E-state index in [2.05, 4.69) is 0 Å². The lowest BCUT2D eigenvalue weighted by atomic mass is 10.1. The number of nitrogens with zero attached hydrogens (tertiary/aromatic N) is 1. The van der Waals surface area contributed by atoms with Gasteiger partial charge in [-0.2, -0.15) is 5.26 Å². The van der Waals surface area contributed by atoms with Crippen LogP contribution in [0.1, 0.15) is 22.8 Å². The molecule has 15 heavy (non-hydrogen) atoms. The first kappa shape index (κ1) is 11.6. The number of rotatable bonds is 4. The summed E-state index contributed by atoms with van der Waals surface area (Å²) >= 11 is 0. The molecule has 0 aliphatic rings. The Bertz CT molecular complexity index is 417. The highest BCUT2D eigenvalue weighted by molar-refractivity contribution is 7.85. The summed E-state index contributed by atoms with van der Waals surface area (Å²) in [6.45, 7) is 1.78. The zero-order chi connectivity index (χ0) is 11.3. The molecule has 4 heteroatoms. The predicted octanol–water partition coefficient (Wildman–Crippen LogP) is 1.51. The first-order chi connectivity index (χ1) is 7.17. The minimum Gasteiger partial charge on any atom is -0.293 e. The van der Waals surface area contributed by atoms with Gasteiger partial charge in [-0.15, -0.1) is 0 Å². The Morgan fingerprint density at radius 2 is 2.00 bits per heavy atom. The molecule has 1 unspecified atom stereocenters. The zero-order valence-electron chi connectivity index (χ0n) is 8.40. The Labute approximate surface area is 91.2 Å². The molecule has 78 valence electrons. The summed E-state index contributed by atoms with van der Waals surface area (Å²) in [6, 6.07) is 8.33. The highest BCUT2D eigenvalue weighted by atomic mass is 32.2. The van der Waals surface area contributed by atoms with Gasteiger partial charge in [0.1, 0.15) is 0 Å². The van der Waals surface area contributed by atoms with Crippen molar-refractivity contribution in [3.8, 4) is 6.07 Å². The Kier molecular flexibility index (Phi) is 4.19. The van der Waals surface area contributed by atoms with Crippen molar-refractivity contribution < 1.29 is 9.00 Å². The third-order valence-electron chi connectivity index (χ3n) is 1.95. The number of nitriles is 1. The lowest BCUT2D eigenvalue weighted by Gasteiger charge is -1.99. The van der Waals surface area contributed by atoms with Gasteiger partial charge in [0, 0.05) is 22.1 Å². The second-order valence-electron chi connectivity index (χ2n) is 2.99. The van der Waals surface area contributed by atoms with Crippen LogP contribution in [0.2, 0.25) is 0 Å². The second kappa shape index (κ2) is 5.42. The minimum absolute atomic E-state index is 0.0579. The number of carbonyl (C=O) groups excluding carboxylic acids is 1. The van der Waals surface area contributed by atoms with Gasteiger partial charge in [-0.3, -0.25) is 9.00 Å². The molecular weight excluding hydrogens is 210 g/mol. The molecule has 0 radical (unpaired) electrons. The van der Waals surface area contributed by atoms with Crippen molar-refractivity contribution in [1.29, 1.82) is 5.26 Å². The lowest BCUT2D eigenvalue weighted by Crippen LogP contribution is -2.11. The highest BCUT2D eigenvalue weighted by Crippen LogP contribution is 2.05. The third kappa shape index (κ3) is 3.30. The summed E-state index contributed by atoms with van der Waals surface area (Å²) in [5, 5.41) is 8.57. The van der Waals surface area contributed by atoms with Crippen molar-refractivity contribution >= 4 is 16.6 Å². The van der Waals surface area contributed by atoms with Crippen LogP contribution in [0.3, 0.4) is 0 Å². The topological polar surface area (TPSA) is 57.9 Å². The van der Waals surface area contributed by atoms with Gasteiger partial charge in [0.25, 0.3) is 0 Å². The van der Waals surface area contributed by atoms with E-state index < -0.39 is 10.8 Å². The molecule has 0 saturated heterocycles. The van der Waals surface area contributed by atoms with E-state index in [1.54, 1.807) is 31.2 Å². The summed E-state index contributed by atoms with van der Waals surface area (Å²) in [4.78, 5) is 11.5. The Balaban J connectivity index is 2.75. The van der Waals surface area contributed by atoms with E-state index in [-0.39, 0.29) is 11.5 Å². The maximum absolute atomic E-state index is 11.5. The average Bonchev–Trinajstić information content (AvgIpc) is 2.29. The fraction of sp³-hybridized carbons (Fsp3) is 0.273. The third-order valence-corrected chi connectivity index (χ3v) is 3.18. The number of carbonyl (C=O) groups is 1. The molecule has 0 bridgehead atoms. The molecule has 1 atom stereocenters. The number of hydrogen-bond acceptors (Lipinski definition) is 3. The molecular formula is C11H11NO2S. The molecule has 0 saturated carbocycles. The Hall–Kier alpha value is -1.47. The monoisotopic (exact) mass is 221 g/mol. The van der Waals surface area contributed by atoms with Crippen LogP contribution in [0, 0.1) is 11.3 Å². The van der Waals surface area contributed by atoms with Crippen molar-refractivity contribution in [2.75, 3.05) is 11.5 Å². The smallest absolute Gasteiger partial charge is 0.175 e. The Morgan fingerprint density at radius 3 is 2.47 bits per heavy atom. The number of benzene rings is 1. The molecule has 0 fully saturated rings. The number of hydrogen-bond donors (Lipinski definition) is 0. The molecule has 1 aromatic rings. The van der Waals surface area contributed by atoms with E-state index in [0.29, 0.717) is 16.9 Å². The van der Waals surface area contributed by atoms with E-state index in [9.17, 15) is 9.00 Å². The molecule has 1 aromatic carbocycles. The van der Waals surface area contributed by atoms with Gasteiger partial charge >= 0.3 is 0 Å². The van der Waals surface area contributed by atoms with Crippen LogP contribution in [-0.4, -0.2) is 21.5 Å². The van der Waals surface area contributed by atoms with Gasteiger partial charge in [0.2, 0.25) is 0 Å². The summed E-state index contributed by atoms with van der Waals surface area (Å²) in [6.07, 6.45) is 0. The van der Waals surface area contributed by atoms with Crippen molar-refractivity contribution in [1.82, 2.24) is 0 Å². The second-order valence-corrected chi connectivity index (χ2v) is 4.73. The molecule has 0 amide bonds. The molecule has 1 rings (SSSR count). The molecule has 0 aromatic heterocycles. The van der Waals surface area contributed by atoms with E-state index >= 15 is 0 Å². The van der Waals surface area contributed by atoms with Crippen molar-refractivity contribution in [2.24, 2.45) is 0 Å². The maximum Gasteiger partial charge on any atom is 0.175 e. The van der Waals surface area contributed by atoms with Crippen LogP contribution in [-0.2, 0) is 10.8 Å². The maximum atomic E-state index is 11.5. The molecule has 0 N–H and O–H groups in total. The lowest BCUT2D eigenvalue weighted by molar-refractivity contribution is 0.102. The van der Waals surface area contributed by atoms with Gasteiger partial charge in [-0.25, -0.2) is 0 Å². The molecule has 0 heterocycles. The normalized spacial score (nSPS) is 11.7. The van der Waals surface area contributed by atoms with Crippen LogP contribution in [0.5, 0.6) is 0 Å².